The van der Waals surface area contributed by atoms with Crippen LogP contribution in [0.5, 0.6) is 0 Å². The average Bonchev–Trinajstić information content (AvgIpc) is 3.44. The standard InChI is InChI=1S/C21H20BrN3O2/c1-14(15-5-3-2-4-6-15)27-21(26)24-20-19(13-23-25(20)18-11-12-18)16-7-9-17(22)10-8-16/h2-10,13-14,18H,11-12H2,1H3,(H,24,26). The fourth-order valence-electron chi connectivity index (χ4n) is 3.00. The molecule has 0 radical (unpaired) electrons. The lowest BCUT2D eigenvalue weighted by atomic mass is 10.1. The van der Waals surface area contributed by atoms with Gasteiger partial charge < -0.3 is 4.74 Å². The minimum atomic E-state index is -0.480. The van der Waals surface area contributed by atoms with E-state index in [2.05, 4.69) is 26.3 Å². The lowest BCUT2D eigenvalue weighted by Gasteiger charge is -2.16. The van der Waals surface area contributed by atoms with Crippen molar-refractivity contribution in [2.75, 3.05) is 5.32 Å². The second-order valence-corrected chi connectivity index (χ2v) is 7.59. The quantitative estimate of drug-likeness (QED) is 0.548. The maximum atomic E-state index is 12.5. The van der Waals surface area contributed by atoms with E-state index in [4.69, 9.17) is 4.74 Å². The Kier molecular flexibility index (Phi) is 4.99. The highest BCUT2D eigenvalue weighted by Crippen LogP contribution is 2.40. The summed E-state index contributed by atoms with van der Waals surface area (Å²) in [7, 11) is 0. The van der Waals surface area contributed by atoms with E-state index in [0.29, 0.717) is 11.9 Å². The number of anilines is 1. The van der Waals surface area contributed by atoms with Gasteiger partial charge in [-0.2, -0.15) is 5.10 Å². The molecule has 1 aliphatic carbocycles. The van der Waals surface area contributed by atoms with E-state index < -0.39 is 6.09 Å². The molecule has 0 saturated heterocycles. The molecule has 4 rings (SSSR count). The van der Waals surface area contributed by atoms with Gasteiger partial charge in [0.05, 0.1) is 12.2 Å². The Hall–Kier alpha value is -2.60. The number of halogens is 1. The first-order valence-electron chi connectivity index (χ1n) is 8.98. The van der Waals surface area contributed by atoms with Crippen LogP contribution in [0.1, 0.15) is 37.5 Å². The van der Waals surface area contributed by atoms with Crippen LogP contribution in [0, 0.1) is 0 Å². The molecule has 1 atom stereocenters. The number of hydrogen-bond acceptors (Lipinski definition) is 3. The zero-order valence-electron chi connectivity index (χ0n) is 14.9. The molecule has 2 aromatic carbocycles. The molecule has 6 heteroatoms. The molecule has 1 aliphatic rings. The Labute approximate surface area is 166 Å². The Bertz CT molecular complexity index is 934. The van der Waals surface area contributed by atoms with E-state index in [0.717, 1.165) is 34.0 Å². The van der Waals surface area contributed by atoms with Crippen molar-refractivity contribution in [3.8, 4) is 11.1 Å². The van der Waals surface area contributed by atoms with Crippen molar-refractivity contribution in [2.45, 2.75) is 31.9 Å². The van der Waals surface area contributed by atoms with Crippen LogP contribution in [0.4, 0.5) is 10.6 Å². The summed E-state index contributed by atoms with van der Waals surface area (Å²) >= 11 is 3.45. The highest BCUT2D eigenvalue weighted by atomic mass is 79.9. The second kappa shape index (κ2) is 7.56. The summed E-state index contributed by atoms with van der Waals surface area (Å²) < 4.78 is 8.48. The molecular formula is C21H20BrN3O2. The molecule has 5 nitrogen and oxygen atoms in total. The van der Waals surface area contributed by atoms with Crippen LogP contribution in [-0.4, -0.2) is 15.9 Å². The number of nitrogens with zero attached hydrogens (tertiary/aromatic N) is 2. The first-order chi connectivity index (χ1) is 13.1. The van der Waals surface area contributed by atoms with Crippen molar-refractivity contribution in [2.24, 2.45) is 0 Å². The summed E-state index contributed by atoms with van der Waals surface area (Å²) in [5.41, 5.74) is 2.84. The number of benzene rings is 2. The molecule has 27 heavy (non-hydrogen) atoms. The van der Waals surface area contributed by atoms with Crippen molar-refractivity contribution >= 4 is 27.8 Å². The third kappa shape index (κ3) is 4.06. The average molecular weight is 426 g/mol. The highest BCUT2D eigenvalue weighted by Gasteiger charge is 2.29. The molecule has 1 saturated carbocycles. The van der Waals surface area contributed by atoms with Gasteiger partial charge in [-0.25, -0.2) is 9.48 Å². The monoisotopic (exact) mass is 425 g/mol. The van der Waals surface area contributed by atoms with Crippen LogP contribution in [0.25, 0.3) is 11.1 Å². The minimum Gasteiger partial charge on any atom is -0.441 e. The topological polar surface area (TPSA) is 56.1 Å². The van der Waals surface area contributed by atoms with Gasteiger partial charge in [-0.1, -0.05) is 58.4 Å². The van der Waals surface area contributed by atoms with E-state index in [9.17, 15) is 4.79 Å². The van der Waals surface area contributed by atoms with Crippen molar-refractivity contribution < 1.29 is 9.53 Å². The van der Waals surface area contributed by atoms with Gasteiger partial charge in [0.2, 0.25) is 0 Å². The summed E-state index contributed by atoms with van der Waals surface area (Å²) in [6.07, 6.45) is 3.14. The third-order valence-electron chi connectivity index (χ3n) is 4.62. The molecular weight excluding hydrogens is 406 g/mol. The smallest absolute Gasteiger partial charge is 0.413 e. The first-order valence-corrected chi connectivity index (χ1v) is 9.77. The molecule has 3 aromatic rings. The van der Waals surface area contributed by atoms with E-state index in [1.807, 2.05) is 66.2 Å². The van der Waals surface area contributed by atoms with Crippen LogP contribution in [0.2, 0.25) is 0 Å². The van der Waals surface area contributed by atoms with Crippen LogP contribution in [0.3, 0.4) is 0 Å². The number of amides is 1. The minimum absolute atomic E-state index is 0.334. The fourth-order valence-corrected chi connectivity index (χ4v) is 3.27. The third-order valence-corrected chi connectivity index (χ3v) is 5.15. The Morgan fingerprint density at radius 3 is 2.56 bits per heavy atom. The molecule has 0 spiro atoms. The van der Waals surface area contributed by atoms with Gasteiger partial charge in [0, 0.05) is 10.0 Å². The summed E-state index contributed by atoms with van der Waals surface area (Å²) in [5.74, 6) is 0.685. The Morgan fingerprint density at radius 1 is 1.19 bits per heavy atom. The zero-order chi connectivity index (χ0) is 18.8. The summed E-state index contributed by atoms with van der Waals surface area (Å²) in [5, 5.41) is 7.42. The highest BCUT2D eigenvalue weighted by molar-refractivity contribution is 9.10. The molecule has 1 fully saturated rings. The molecule has 0 aliphatic heterocycles. The first kappa shape index (κ1) is 17.8. The zero-order valence-corrected chi connectivity index (χ0v) is 16.5. The molecule has 1 N–H and O–H groups in total. The van der Waals surface area contributed by atoms with E-state index in [-0.39, 0.29) is 6.10 Å². The molecule has 0 bridgehead atoms. The number of rotatable bonds is 5. The summed E-state index contributed by atoms with van der Waals surface area (Å²) in [6.45, 7) is 1.86. The van der Waals surface area contributed by atoms with E-state index in [1.165, 1.54) is 0 Å². The maximum absolute atomic E-state index is 12.5. The number of carbonyl (C=O) groups excluding carboxylic acids is 1. The lowest BCUT2D eigenvalue weighted by Crippen LogP contribution is -2.19. The van der Waals surface area contributed by atoms with Gasteiger partial charge in [0.1, 0.15) is 11.9 Å². The largest absolute Gasteiger partial charge is 0.441 e. The number of ether oxygens (including phenoxy) is 1. The normalized spacial score (nSPS) is 14.6. The van der Waals surface area contributed by atoms with Crippen LogP contribution >= 0.6 is 15.9 Å². The molecule has 1 amide bonds. The number of aromatic nitrogens is 2. The molecule has 1 unspecified atom stereocenters. The second-order valence-electron chi connectivity index (χ2n) is 6.67. The molecule has 1 aromatic heterocycles. The summed E-state index contributed by atoms with van der Waals surface area (Å²) in [4.78, 5) is 12.5. The van der Waals surface area contributed by atoms with E-state index in [1.54, 1.807) is 6.20 Å². The predicted molar refractivity (Wildman–Crippen MR) is 109 cm³/mol. The fraction of sp³-hybridized carbons (Fsp3) is 0.238. The van der Waals surface area contributed by atoms with Gasteiger partial charge in [-0.3, -0.25) is 5.32 Å². The number of carbonyl (C=O) groups is 1. The van der Waals surface area contributed by atoms with Crippen molar-refractivity contribution in [1.82, 2.24) is 9.78 Å². The van der Waals surface area contributed by atoms with Crippen LogP contribution in [-0.2, 0) is 4.74 Å². The van der Waals surface area contributed by atoms with Gasteiger partial charge in [0.15, 0.2) is 0 Å². The van der Waals surface area contributed by atoms with Gasteiger partial charge in [0.25, 0.3) is 0 Å². The predicted octanol–water partition coefficient (Wildman–Crippen LogP) is 5.96. The number of nitrogens with one attached hydrogen (secondary N) is 1. The molecule has 1 heterocycles. The lowest BCUT2D eigenvalue weighted by molar-refractivity contribution is 0.121. The van der Waals surface area contributed by atoms with Gasteiger partial charge >= 0.3 is 6.09 Å². The Balaban J connectivity index is 1.56. The van der Waals surface area contributed by atoms with Crippen molar-refractivity contribution in [1.29, 1.82) is 0 Å². The van der Waals surface area contributed by atoms with Gasteiger partial charge in [-0.15, -0.1) is 0 Å². The van der Waals surface area contributed by atoms with Gasteiger partial charge in [-0.05, 0) is 43.0 Å². The summed E-state index contributed by atoms with van der Waals surface area (Å²) in [6, 6.07) is 18.0. The maximum Gasteiger partial charge on any atom is 0.413 e. The van der Waals surface area contributed by atoms with Crippen molar-refractivity contribution in [3.05, 3.63) is 70.8 Å². The Morgan fingerprint density at radius 2 is 1.89 bits per heavy atom. The van der Waals surface area contributed by atoms with Crippen LogP contribution in [0.15, 0.2) is 65.3 Å². The van der Waals surface area contributed by atoms with Crippen LogP contribution < -0.4 is 5.32 Å². The number of hydrogen-bond donors (Lipinski definition) is 1. The SMILES string of the molecule is CC(OC(=O)Nc1c(-c2ccc(Br)cc2)cnn1C1CC1)c1ccccc1. The van der Waals surface area contributed by atoms with Crippen molar-refractivity contribution in [3.63, 3.8) is 0 Å². The molecule has 138 valence electrons. The van der Waals surface area contributed by atoms with E-state index >= 15 is 0 Å².